The molecule has 0 aliphatic carbocycles. The van der Waals surface area contributed by atoms with Crippen molar-refractivity contribution in [1.82, 2.24) is 5.32 Å². The highest BCUT2D eigenvalue weighted by atomic mass is 79.9. The van der Waals surface area contributed by atoms with Gasteiger partial charge in [0, 0.05) is 4.47 Å². The second-order valence-corrected chi connectivity index (χ2v) is 5.83. The molecule has 1 aromatic rings. The summed E-state index contributed by atoms with van der Waals surface area (Å²) < 4.78 is 6.30. The SMILES string of the molecule is C=C(C)C1(C)NC(=O)OC1c1sccc1Br. The number of thiophene rings is 1. The molecule has 1 aliphatic heterocycles. The molecule has 1 saturated heterocycles. The van der Waals surface area contributed by atoms with Gasteiger partial charge >= 0.3 is 6.09 Å². The highest BCUT2D eigenvalue weighted by Gasteiger charge is 2.47. The summed E-state index contributed by atoms with van der Waals surface area (Å²) in [6.07, 6.45) is -0.706. The number of ether oxygens (including phenoxy) is 1. The normalized spacial score (nSPS) is 28.7. The number of amides is 1. The predicted octanol–water partition coefficient (Wildman–Crippen LogP) is 3.63. The Kier molecular flexibility index (Phi) is 2.84. The minimum Gasteiger partial charge on any atom is -0.438 e. The molecule has 0 radical (unpaired) electrons. The molecule has 0 saturated carbocycles. The third kappa shape index (κ3) is 1.68. The number of nitrogens with one attached hydrogen (secondary N) is 1. The largest absolute Gasteiger partial charge is 0.438 e. The van der Waals surface area contributed by atoms with Gasteiger partial charge < -0.3 is 10.1 Å². The molecule has 16 heavy (non-hydrogen) atoms. The first-order valence-corrected chi connectivity index (χ1v) is 6.50. The van der Waals surface area contributed by atoms with Gasteiger partial charge in [-0.05, 0) is 41.2 Å². The molecule has 0 bridgehead atoms. The molecule has 1 amide bonds. The fraction of sp³-hybridized carbons (Fsp3) is 0.364. The van der Waals surface area contributed by atoms with Gasteiger partial charge in [-0.15, -0.1) is 11.3 Å². The maximum atomic E-state index is 11.4. The van der Waals surface area contributed by atoms with E-state index in [4.69, 9.17) is 4.74 Å². The van der Waals surface area contributed by atoms with Crippen LogP contribution in [0.1, 0.15) is 24.8 Å². The van der Waals surface area contributed by atoms with Crippen molar-refractivity contribution in [3.63, 3.8) is 0 Å². The maximum Gasteiger partial charge on any atom is 0.408 e. The summed E-state index contributed by atoms with van der Waals surface area (Å²) in [6.45, 7) is 7.75. The van der Waals surface area contributed by atoms with Crippen molar-refractivity contribution in [3.8, 4) is 0 Å². The van der Waals surface area contributed by atoms with Gasteiger partial charge in [-0.3, -0.25) is 0 Å². The Hall–Kier alpha value is -0.810. The van der Waals surface area contributed by atoms with Crippen molar-refractivity contribution >= 4 is 33.4 Å². The first kappa shape index (κ1) is 11.7. The van der Waals surface area contributed by atoms with Crippen molar-refractivity contribution < 1.29 is 9.53 Å². The number of hydrogen-bond acceptors (Lipinski definition) is 3. The standard InChI is InChI=1S/C11H12BrNO2S/c1-6(2)11(3)9(15-10(14)13-11)8-7(12)4-5-16-8/h4-5,9H,1H2,2-3H3,(H,13,14). The van der Waals surface area contributed by atoms with Gasteiger partial charge in [0.25, 0.3) is 0 Å². The first-order chi connectivity index (χ1) is 7.45. The molecule has 1 aliphatic rings. The second-order valence-electron chi connectivity index (χ2n) is 4.03. The van der Waals surface area contributed by atoms with E-state index < -0.39 is 11.6 Å². The van der Waals surface area contributed by atoms with Crippen LogP contribution in [0.3, 0.4) is 0 Å². The Morgan fingerprint density at radius 3 is 2.94 bits per heavy atom. The predicted molar refractivity (Wildman–Crippen MR) is 67.6 cm³/mol. The van der Waals surface area contributed by atoms with Crippen molar-refractivity contribution in [3.05, 3.63) is 32.9 Å². The van der Waals surface area contributed by atoms with Gasteiger partial charge in [-0.25, -0.2) is 4.79 Å². The van der Waals surface area contributed by atoms with Crippen LogP contribution >= 0.6 is 27.3 Å². The number of halogens is 1. The van der Waals surface area contributed by atoms with Gasteiger partial charge in [0.1, 0.15) is 5.54 Å². The molecule has 0 spiro atoms. The minimum absolute atomic E-state index is 0.313. The summed E-state index contributed by atoms with van der Waals surface area (Å²) in [4.78, 5) is 12.4. The third-order valence-corrected chi connectivity index (χ3v) is 4.79. The van der Waals surface area contributed by atoms with Crippen molar-refractivity contribution in [2.24, 2.45) is 0 Å². The summed E-state index contributed by atoms with van der Waals surface area (Å²) in [5, 5.41) is 4.78. The monoisotopic (exact) mass is 301 g/mol. The van der Waals surface area contributed by atoms with E-state index in [9.17, 15) is 4.79 Å². The molecule has 0 aromatic carbocycles. The molecule has 3 nitrogen and oxygen atoms in total. The van der Waals surface area contributed by atoms with Gasteiger partial charge in [0.15, 0.2) is 6.10 Å². The summed E-state index contributed by atoms with van der Waals surface area (Å²) >= 11 is 5.02. The lowest BCUT2D eigenvalue weighted by atomic mass is 9.88. The quantitative estimate of drug-likeness (QED) is 0.847. The van der Waals surface area contributed by atoms with E-state index in [-0.39, 0.29) is 6.10 Å². The number of cyclic esters (lactones) is 1. The van der Waals surface area contributed by atoms with E-state index in [1.807, 2.05) is 25.3 Å². The van der Waals surface area contributed by atoms with E-state index in [0.29, 0.717) is 0 Å². The topological polar surface area (TPSA) is 38.3 Å². The van der Waals surface area contributed by atoms with E-state index >= 15 is 0 Å². The zero-order valence-electron chi connectivity index (χ0n) is 9.04. The van der Waals surface area contributed by atoms with Gasteiger partial charge in [-0.2, -0.15) is 0 Å². The molecule has 2 heterocycles. The molecule has 1 aromatic heterocycles. The van der Waals surface area contributed by atoms with Gasteiger partial charge in [-0.1, -0.05) is 12.2 Å². The number of rotatable bonds is 2. The fourth-order valence-corrected chi connectivity index (χ4v) is 3.40. The average molecular weight is 302 g/mol. The fourth-order valence-electron chi connectivity index (χ4n) is 1.67. The van der Waals surface area contributed by atoms with E-state index in [1.165, 1.54) is 0 Å². The second kappa shape index (κ2) is 3.89. The average Bonchev–Trinajstić information content (AvgIpc) is 2.71. The van der Waals surface area contributed by atoms with Crippen LogP contribution < -0.4 is 5.32 Å². The highest BCUT2D eigenvalue weighted by Crippen LogP contribution is 2.43. The van der Waals surface area contributed by atoms with Crippen LogP contribution in [0.25, 0.3) is 0 Å². The zero-order chi connectivity index (χ0) is 11.9. The first-order valence-electron chi connectivity index (χ1n) is 4.83. The van der Waals surface area contributed by atoms with Crippen molar-refractivity contribution in [2.75, 3.05) is 0 Å². The molecular weight excluding hydrogens is 290 g/mol. The van der Waals surface area contributed by atoms with Crippen LogP contribution in [0, 0.1) is 0 Å². The Morgan fingerprint density at radius 2 is 2.44 bits per heavy atom. The van der Waals surface area contributed by atoms with Crippen LogP contribution in [-0.4, -0.2) is 11.6 Å². The number of carbonyl (C=O) groups excluding carboxylic acids is 1. The Labute approximate surface area is 107 Å². The lowest BCUT2D eigenvalue weighted by molar-refractivity contribution is 0.123. The number of hydrogen-bond donors (Lipinski definition) is 1. The zero-order valence-corrected chi connectivity index (χ0v) is 11.4. The van der Waals surface area contributed by atoms with Crippen LogP contribution in [0.2, 0.25) is 0 Å². The molecule has 1 N–H and O–H groups in total. The van der Waals surface area contributed by atoms with Crippen LogP contribution in [0.5, 0.6) is 0 Å². The molecule has 2 atom stereocenters. The lowest BCUT2D eigenvalue weighted by Crippen LogP contribution is -2.42. The highest BCUT2D eigenvalue weighted by molar-refractivity contribution is 9.10. The molecule has 86 valence electrons. The van der Waals surface area contributed by atoms with E-state index in [1.54, 1.807) is 11.3 Å². The van der Waals surface area contributed by atoms with Crippen LogP contribution in [0.15, 0.2) is 28.1 Å². The number of alkyl carbamates (subject to hydrolysis) is 1. The molecular formula is C11H12BrNO2S. The van der Waals surface area contributed by atoms with E-state index in [0.717, 1.165) is 14.9 Å². The maximum absolute atomic E-state index is 11.4. The smallest absolute Gasteiger partial charge is 0.408 e. The summed E-state index contributed by atoms with van der Waals surface area (Å²) in [5.74, 6) is 0. The molecule has 2 unspecified atom stereocenters. The summed E-state index contributed by atoms with van der Waals surface area (Å²) in [7, 11) is 0. The summed E-state index contributed by atoms with van der Waals surface area (Å²) in [5.41, 5.74) is 0.341. The Bertz CT molecular complexity index is 457. The van der Waals surface area contributed by atoms with Gasteiger partial charge in [0.2, 0.25) is 0 Å². The van der Waals surface area contributed by atoms with Crippen LogP contribution in [0.4, 0.5) is 4.79 Å². The number of carbonyl (C=O) groups is 1. The Balaban J connectivity index is 2.44. The lowest BCUT2D eigenvalue weighted by Gasteiger charge is -2.28. The molecule has 2 rings (SSSR count). The van der Waals surface area contributed by atoms with Crippen molar-refractivity contribution in [2.45, 2.75) is 25.5 Å². The third-order valence-electron chi connectivity index (χ3n) is 2.88. The summed E-state index contributed by atoms with van der Waals surface area (Å²) in [6, 6.07) is 1.95. The van der Waals surface area contributed by atoms with Gasteiger partial charge in [0.05, 0.1) is 4.88 Å². The minimum atomic E-state index is -0.537. The van der Waals surface area contributed by atoms with E-state index in [2.05, 4.69) is 27.8 Å². The van der Waals surface area contributed by atoms with Crippen molar-refractivity contribution in [1.29, 1.82) is 0 Å². The molecule has 5 heteroatoms. The van der Waals surface area contributed by atoms with Crippen LogP contribution in [-0.2, 0) is 4.74 Å². The molecule has 1 fully saturated rings. The Morgan fingerprint density at radius 1 is 1.75 bits per heavy atom.